The highest BCUT2D eigenvalue weighted by atomic mass is 31.2. The van der Waals surface area contributed by atoms with Crippen LogP contribution < -0.4 is 0 Å². The molecule has 0 rings (SSSR count). The zero-order valence-corrected chi connectivity index (χ0v) is 3.59. The summed E-state index contributed by atoms with van der Waals surface area (Å²) in [5, 5.41) is 7.39. The van der Waals surface area contributed by atoms with E-state index in [0.717, 1.165) is 5.81 Å². The van der Waals surface area contributed by atoms with Crippen molar-refractivity contribution in [2.24, 2.45) is 0 Å². The van der Waals surface area contributed by atoms with Crippen molar-refractivity contribution in [3.8, 4) is 5.81 Å². The maximum absolute atomic E-state index is 9.33. The molecule has 6 heteroatoms. The van der Waals surface area contributed by atoms with E-state index in [1.807, 2.05) is 0 Å². The van der Waals surface area contributed by atoms with Gasteiger partial charge in [0.25, 0.3) is 0 Å². The van der Waals surface area contributed by atoms with Crippen LogP contribution in [0.4, 0.5) is 0 Å². The molecule has 7 heavy (non-hydrogen) atoms. The molecule has 0 amide bonds. The molecule has 0 aliphatic heterocycles. The highest BCUT2D eigenvalue weighted by molar-refractivity contribution is 7.57. The molecule has 0 saturated carbocycles. The van der Waals surface area contributed by atoms with Gasteiger partial charge in [-0.05, 0) is 11.0 Å². The molecule has 42 valence electrons. The molecule has 2 N–H and O–H groups in total. The third kappa shape index (κ3) is 10.7. The molecule has 0 fully saturated rings. The molecule has 0 unspecified atom stereocenters. The van der Waals surface area contributed by atoms with Crippen LogP contribution in [-0.4, -0.2) is 20.8 Å². The molecule has 0 aromatic rings. The number of hydrogen-bond acceptors (Lipinski definition) is 2. The van der Waals surface area contributed by atoms with Gasteiger partial charge in [-0.2, -0.15) is 5.26 Å². The van der Waals surface area contributed by atoms with Crippen molar-refractivity contribution in [1.29, 1.82) is 5.26 Å². The third-order valence-corrected chi connectivity index (χ3v) is 0.391. The van der Waals surface area contributed by atoms with Gasteiger partial charge < -0.3 is 9.79 Å². The second kappa shape index (κ2) is 2.94. The first kappa shape index (κ1) is 9.97. The van der Waals surface area contributed by atoms with Crippen molar-refractivity contribution >= 4 is 18.6 Å². The second-order valence-corrected chi connectivity index (χ2v) is 1.93. The minimum atomic E-state index is -4.34. The van der Waals surface area contributed by atoms with Crippen LogP contribution in [0, 0.1) is 11.1 Å². The van der Waals surface area contributed by atoms with Gasteiger partial charge in [0.15, 0.2) is 5.81 Å². The summed E-state index contributed by atoms with van der Waals surface area (Å²) in [5.41, 5.74) is 0. The summed E-state index contributed by atoms with van der Waals surface area (Å²) in [6.07, 6.45) is 0. The summed E-state index contributed by atoms with van der Waals surface area (Å²) in [6, 6.07) is 0. The predicted molar refractivity (Wildman–Crippen MR) is 29.0 cm³/mol. The Labute approximate surface area is 45.0 Å². The van der Waals surface area contributed by atoms with Crippen LogP contribution in [-0.2, 0) is 4.57 Å². The molecule has 0 heterocycles. The molecule has 0 bridgehead atoms. The van der Waals surface area contributed by atoms with Crippen molar-refractivity contribution in [1.82, 2.24) is 0 Å². The van der Waals surface area contributed by atoms with Gasteiger partial charge in [-0.15, -0.1) is 0 Å². The Morgan fingerprint density at radius 3 is 1.71 bits per heavy atom. The number of nitrogens with zero attached hydrogens (tertiary/aromatic N) is 1. The van der Waals surface area contributed by atoms with Crippen molar-refractivity contribution in [2.75, 3.05) is 0 Å². The third-order valence-electron chi connectivity index (χ3n) is 0.130. The van der Waals surface area contributed by atoms with Crippen molar-refractivity contribution in [3.05, 3.63) is 0 Å². The first-order chi connectivity index (χ1) is 2.56. The average Bonchev–Trinajstić information content (AvgIpc) is 1.35. The quantitative estimate of drug-likeness (QED) is 0.306. The minimum Gasteiger partial charge on any atom is -0.314 e. The van der Waals surface area contributed by atoms with E-state index in [9.17, 15) is 4.57 Å². The predicted octanol–water partition coefficient (Wildman–Crippen LogP) is -1.81. The van der Waals surface area contributed by atoms with Crippen LogP contribution in [0.3, 0.4) is 0 Å². The Hall–Kier alpha value is -0.143. The molecule has 0 saturated heterocycles. The molecule has 4 nitrogen and oxygen atoms in total. The van der Waals surface area contributed by atoms with Gasteiger partial charge in [0.1, 0.15) is 0 Å². The van der Waals surface area contributed by atoms with E-state index in [4.69, 9.17) is 15.0 Å². The minimum absolute atomic E-state index is 0. The first-order valence-electron chi connectivity index (χ1n) is 1.03. The van der Waals surface area contributed by atoms with Gasteiger partial charge in [0.2, 0.25) is 0 Å². The summed E-state index contributed by atoms with van der Waals surface area (Å²) in [5.74, 6) is 0.771. The molecule has 0 aromatic carbocycles. The fourth-order valence-corrected chi connectivity index (χ4v) is 0. The molecule has 0 aliphatic carbocycles. The van der Waals surface area contributed by atoms with Crippen LogP contribution in [0.5, 0.6) is 0 Å². The normalized spacial score (nSPS) is 8.71. The van der Waals surface area contributed by atoms with E-state index in [-0.39, 0.29) is 11.0 Å². The monoisotopic (exact) mass is 139 g/mol. The lowest BCUT2D eigenvalue weighted by atomic mass is 11.8. The van der Waals surface area contributed by atoms with Crippen LogP contribution in [0.25, 0.3) is 0 Å². The SMILES string of the molecule is N#CP(=O)(O)O.[SiH4]. The van der Waals surface area contributed by atoms with Gasteiger partial charge in [-0.25, -0.2) is 4.57 Å². The molecular weight excluding hydrogens is 133 g/mol. The van der Waals surface area contributed by atoms with E-state index in [2.05, 4.69) is 0 Å². The highest BCUT2D eigenvalue weighted by Crippen LogP contribution is 2.30. The summed E-state index contributed by atoms with van der Waals surface area (Å²) in [7, 11) is -4.34. The fraction of sp³-hybridized carbons (Fsp3) is 0. The summed E-state index contributed by atoms with van der Waals surface area (Å²) in [6.45, 7) is 0. The fourth-order valence-electron chi connectivity index (χ4n) is 0. The van der Waals surface area contributed by atoms with E-state index >= 15 is 0 Å². The zero-order chi connectivity index (χ0) is 5.21. The topological polar surface area (TPSA) is 81.3 Å². The summed E-state index contributed by atoms with van der Waals surface area (Å²) < 4.78 is 9.33. The zero-order valence-electron chi connectivity index (χ0n) is 2.70. The number of rotatable bonds is 0. The largest absolute Gasteiger partial charge is 0.426 e. The van der Waals surface area contributed by atoms with Crippen LogP contribution in [0.1, 0.15) is 0 Å². The van der Waals surface area contributed by atoms with Gasteiger partial charge in [-0.1, -0.05) is 0 Å². The van der Waals surface area contributed by atoms with Gasteiger partial charge in [0.05, 0.1) is 0 Å². The maximum Gasteiger partial charge on any atom is 0.426 e. The lowest BCUT2D eigenvalue weighted by molar-refractivity contribution is 0.388. The lowest BCUT2D eigenvalue weighted by Gasteiger charge is -1.80. The van der Waals surface area contributed by atoms with Crippen LogP contribution in [0.15, 0.2) is 0 Å². The lowest BCUT2D eigenvalue weighted by Crippen LogP contribution is -1.64. The Kier molecular flexibility index (Phi) is 4.19. The average molecular weight is 139 g/mol. The standard InChI is InChI=1S/CH2NO3P.H4Si/c2-1-6(3,4)5;/h(H2,3,4,5);1H4. The summed E-state index contributed by atoms with van der Waals surface area (Å²) >= 11 is 0. The number of nitriles is 1. The molecule has 0 atom stereocenters. The molecule has 0 aliphatic rings. The van der Waals surface area contributed by atoms with E-state index in [1.165, 1.54) is 0 Å². The van der Waals surface area contributed by atoms with Crippen molar-refractivity contribution in [3.63, 3.8) is 0 Å². The van der Waals surface area contributed by atoms with Crippen molar-refractivity contribution in [2.45, 2.75) is 0 Å². The van der Waals surface area contributed by atoms with E-state index in [1.54, 1.807) is 0 Å². The highest BCUT2D eigenvalue weighted by Gasteiger charge is 2.06. The van der Waals surface area contributed by atoms with E-state index < -0.39 is 7.60 Å². The second-order valence-electron chi connectivity index (χ2n) is 0.644. The molecular formula is CH6NO3PSi. The molecule has 0 radical (unpaired) electrons. The van der Waals surface area contributed by atoms with Crippen LogP contribution >= 0.6 is 7.60 Å². The van der Waals surface area contributed by atoms with Gasteiger partial charge in [-0.3, -0.25) is 0 Å². The Morgan fingerprint density at radius 2 is 1.71 bits per heavy atom. The smallest absolute Gasteiger partial charge is 0.314 e. The summed E-state index contributed by atoms with van der Waals surface area (Å²) in [4.78, 5) is 15.2. The van der Waals surface area contributed by atoms with Crippen molar-refractivity contribution < 1.29 is 14.4 Å². The van der Waals surface area contributed by atoms with E-state index in [0.29, 0.717) is 0 Å². The molecule has 0 spiro atoms. The number of hydrogen-bond donors (Lipinski definition) is 2. The maximum atomic E-state index is 9.33. The van der Waals surface area contributed by atoms with Crippen LogP contribution in [0.2, 0.25) is 0 Å². The molecule has 0 aromatic heterocycles. The Balaban J connectivity index is 0. The van der Waals surface area contributed by atoms with Gasteiger partial charge >= 0.3 is 7.60 Å². The Morgan fingerprint density at radius 1 is 1.57 bits per heavy atom. The Bertz CT molecular complexity index is 121. The van der Waals surface area contributed by atoms with Gasteiger partial charge in [0, 0.05) is 0 Å². The first-order valence-corrected chi connectivity index (χ1v) is 2.64.